The Kier molecular flexibility index (Phi) is 5.97. The summed E-state index contributed by atoms with van der Waals surface area (Å²) in [6.45, 7) is 9.18. The number of ether oxygens (including phenoxy) is 2. The summed E-state index contributed by atoms with van der Waals surface area (Å²) in [5.41, 5.74) is 0.720. The maximum absolute atomic E-state index is 12.0. The molecule has 1 aliphatic heterocycles. The van der Waals surface area contributed by atoms with Crippen LogP contribution in [-0.2, 0) is 20.9 Å². The summed E-state index contributed by atoms with van der Waals surface area (Å²) in [7, 11) is 0. The van der Waals surface area contributed by atoms with Crippen molar-refractivity contribution in [2.24, 2.45) is 0 Å². The Morgan fingerprint density at radius 1 is 1.26 bits per heavy atom. The molecule has 3 atom stereocenters. The zero-order chi connectivity index (χ0) is 16.9. The largest absolute Gasteiger partial charge is 0.459 e. The van der Waals surface area contributed by atoms with Crippen molar-refractivity contribution in [2.75, 3.05) is 13.2 Å². The first-order valence-electron chi connectivity index (χ1n) is 8.13. The van der Waals surface area contributed by atoms with Crippen LogP contribution in [0, 0.1) is 0 Å². The third kappa shape index (κ3) is 5.81. The summed E-state index contributed by atoms with van der Waals surface area (Å²) in [6.07, 6.45) is 4.13. The van der Waals surface area contributed by atoms with Crippen LogP contribution in [0.25, 0.3) is 0 Å². The van der Waals surface area contributed by atoms with Crippen LogP contribution < -0.4 is 0 Å². The number of benzene rings is 1. The predicted molar refractivity (Wildman–Crippen MR) is 91.0 cm³/mol. The first-order chi connectivity index (χ1) is 10.9. The van der Waals surface area contributed by atoms with E-state index in [1.54, 1.807) is 0 Å². The highest BCUT2D eigenvalue weighted by atomic mass is 16.6. The lowest BCUT2D eigenvalue weighted by molar-refractivity contribution is -0.154. The SMILES string of the molecule is C/C=C\[C@H]1[C@@H](COCc2ccccc2)N1CC(=O)OC(C)(C)C. The predicted octanol–water partition coefficient (Wildman–Crippen LogP) is 3.17. The lowest BCUT2D eigenvalue weighted by Crippen LogP contribution is -2.29. The molecule has 1 aliphatic rings. The molecular formula is C19H27NO3. The Morgan fingerprint density at radius 2 is 1.96 bits per heavy atom. The van der Waals surface area contributed by atoms with Crippen LogP contribution in [0.3, 0.4) is 0 Å². The molecular weight excluding hydrogens is 290 g/mol. The third-order valence-corrected chi connectivity index (χ3v) is 3.63. The molecule has 1 heterocycles. The van der Waals surface area contributed by atoms with E-state index < -0.39 is 5.60 Å². The van der Waals surface area contributed by atoms with Gasteiger partial charge in [0.25, 0.3) is 0 Å². The van der Waals surface area contributed by atoms with Gasteiger partial charge < -0.3 is 9.47 Å². The van der Waals surface area contributed by atoms with Gasteiger partial charge in [-0.2, -0.15) is 0 Å². The Hall–Kier alpha value is -1.65. The third-order valence-electron chi connectivity index (χ3n) is 3.63. The number of esters is 1. The molecule has 126 valence electrons. The van der Waals surface area contributed by atoms with Crippen molar-refractivity contribution >= 4 is 5.97 Å². The quantitative estimate of drug-likeness (QED) is 0.440. The molecule has 4 nitrogen and oxygen atoms in total. The highest BCUT2D eigenvalue weighted by Crippen LogP contribution is 2.30. The van der Waals surface area contributed by atoms with Gasteiger partial charge in [-0.25, -0.2) is 0 Å². The molecule has 1 unspecified atom stereocenters. The van der Waals surface area contributed by atoms with Gasteiger partial charge in [-0.3, -0.25) is 9.69 Å². The minimum absolute atomic E-state index is 0.183. The smallest absolute Gasteiger partial charge is 0.320 e. The van der Waals surface area contributed by atoms with Gasteiger partial charge in [0.2, 0.25) is 0 Å². The highest BCUT2D eigenvalue weighted by Gasteiger charge is 2.46. The summed E-state index contributed by atoms with van der Waals surface area (Å²) in [5.74, 6) is -0.183. The van der Waals surface area contributed by atoms with Crippen molar-refractivity contribution < 1.29 is 14.3 Å². The molecule has 1 saturated heterocycles. The molecule has 0 radical (unpaired) electrons. The van der Waals surface area contributed by atoms with Crippen LogP contribution in [0.2, 0.25) is 0 Å². The highest BCUT2D eigenvalue weighted by molar-refractivity contribution is 5.72. The van der Waals surface area contributed by atoms with Gasteiger partial charge in [0, 0.05) is 6.04 Å². The molecule has 0 amide bonds. The number of nitrogens with zero attached hydrogens (tertiary/aromatic N) is 1. The van der Waals surface area contributed by atoms with Crippen LogP contribution in [0.5, 0.6) is 0 Å². The minimum atomic E-state index is -0.442. The number of hydrogen-bond acceptors (Lipinski definition) is 4. The zero-order valence-corrected chi connectivity index (χ0v) is 14.5. The molecule has 23 heavy (non-hydrogen) atoms. The van der Waals surface area contributed by atoms with Crippen LogP contribution >= 0.6 is 0 Å². The van der Waals surface area contributed by atoms with E-state index in [2.05, 4.69) is 23.1 Å². The summed E-state index contributed by atoms with van der Waals surface area (Å²) >= 11 is 0. The summed E-state index contributed by atoms with van der Waals surface area (Å²) in [4.78, 5) is 14.1. The van der Waals surface area contributed by atoms with Crippen molar-refractivity contribution in [3.8, 4) is 0 Å². The topological polar surface area (TPSA) is 38.5 Å². The van der Waals surface area contributed by atoms with Gasteiger partial charge in [0.15, 0.2) is 0 Å². The Bertz CT molecular complexity index is 533. The molecule has 1 fully saturated rings. The Morgan fingerprint density at radius 3 is 2.57 bits per heavy atom. The fraction of sp³-hybridized carbons (Fsp3) is 0.526. The van der Waals surface area contributed by atoms with Gasteiger partial charge in [-0.05, 0) is 33.3 Å². The second-order valence-electron chi connectivity index (χ2n) is 6.84. The molecule has 0 bridgehead atoms. The van der Waals surface area contributed by atoms with E-state index in [1.807, 2.05) is 52.0 Å². The van der Waals surface area contributed by atoms with Crippen LogP contribution in [0.4, 0.5) is 0 Å². The van der Waals surface area contributed by atoms with E-state index in [1.165, 1.54) is 0 Å². The average Bonchev–Trinajstić information content (AvgIpc) is 3.09. The average molecular weight is 317 g/mol. The van der Waals surface area contributed by atoms with E-state index in [0.29, 0.717) is 19.8 Å². The van der Waals surface area contributed by atoms with Gasteiger partial charge in [0.05, 0.1) is 25.8 Å². The Balaban J connectivity index is 1.79. The first-order valence-corrected chi connectivity index (χ1v) is 8.13. The summed E-state index contributed by atoms with van der Waals surface area (Å²) < 4.78 is 11.2. The van der Waals surface area contributed by atoms with Crippen molar-refractivity contribution in [3.05, 3.63) is 48.0 Å². The molecule has 2 rings (SSSR count). The number of allylic oxidation sites excluding steroid dienone is 1. The zero-order valence-electron chi connectivity index (χ0n) is 14.5. The maximum atomic E-state index is 12.0. The van der Waals surface area contributed by atoms with E-state index in [9.17, 15) is 4.79 Å². The van der Waals surface area contributed by atoms with Crippen molar-refractivity contribution in [1.29, 1.82) is 0 Å². The number of hydrogen-bond donors (Lipinski definition) is 0. The van der Waals surface area contributed by atoms with Gasteiger partial charge in [-0.15, -0.1) is 0 Å². The molecule has 0 aliphatic carbocycles. The van der Waals surface area contributed by atoms with Crippen molar-refractivity contribution in [1.82, 2.24) is 4.90 Å². The van der Waals surface area contributed by atoms with Crippen LogP contribution in [0.1, 0.15) is 33.3 Å². The summed E-state index contributed by atoms with van der Waals surface area (Å²) in [6, 6.07) is 10.6. The van der Waals surface area contributed by atoms with Gasteiger partial charge in [-0.1, -0.05) is 42.5 Å². The lowest BCUT2D eigenvalue weighted by Gasteiger charge is -2.19. The molecule has 1 aromatic carbocycles. The van der Waals surface area contributed by atoms with Gasteiger partial charge in [0.1, 0.15) is 5.60 Å². The van der Waals surface area contributed by atoms with Crippen molar-refractivity contribution in [3.63, 3.8) is 0 Å². The van der Waals surface area contributed by atoms with Crippen LogP contribution in [-0.4, -0.2) is 41.7 Å². The summed E-state index contributed by atoms with van der Waals surface area (Å²) in [5, 5.41) is 0. The van der Waals surface area contributed by atoms with E-state index in [0.717, 1.165) is 5.56 Å². The maximum Gasteiger partial charge on any atom is 0.320 e. The Labute approximate surface area is 139 Å². The second-order valence-corrected chi connectivity index (χ2v) is 6.84. The molecule has 0 spiro atoms. The normalized spacial score (nSPS) is 23.9. The minimum Gasteiger partial charge on any atom is -0.459 e. The van der Waals surface area contributed by atoms with Crippen molar-refractivity contribution in [2.45, 2.75) is 52.0 Å². The molecule has 0 aromatic heterocycles. The van der Waals surface area contributed by atoms with E-state index in [4.69, 9.17) is 9.47 Å². The lowest BCUT2D eigenvalue weighted by atomic mass is 10.2. The van der Waals surface area contributed by atoms with Gasteiger partial charge >= 0.3 is 5.97 Å². The monoisotopic (exact) mass is 317 g/mol. The first kappa shape index (κ1) is 17.7. The second kappa shape index (κ2) is 7.75. The number of carbonyl (C=O) groups excluding carboxylic acids is 1. The standard InChI is InChI=1S/C19H27NO3/c1-5-9-16-17(14-22-13-15-10-7-6-8-11-15)20(16)12-18(21)23-19(2,3)4/h5-11,16-17H,12-14H2,1-4H3/b9-5-/t16-,17+,20?/m0/s1. The molecule has 1 aromatic rings. The number of rotatable bonds is 7. The molecule has 0 saturated carbocycles. The van der Waals surface area contributed by atoms with Crippen LogP contribution in [0.15, 0.2) is 42.5 Å². The number of carbonyl (C=O) groups is 1. The molecule has 0 N–H and O–H groups in total. The molecule has 4 heteroatoms. The van der Waals surface area contributed by atoms with E-state index in [-0.39, 0.29) is 18.1 Å². The fourth-order valence-electron chi connectivity index (χ4n) is 2.60. The van der Waals surface area contributed by atoms with E-state index >= 15 is 0 Å². The fourth-order valence-corrected chi connectivity index (χ4v) is 2.60.